The molecule has 0 aliphatic heterocycles. The van der Waals surface area contributed by atoms with Crippen LogP contribution in [0, 0.1) is 6.92 Å². The standard InChI is InChI=1S/C86H65N7/c1-5-57(3)68-50-56(2)44-47-77(68)91(4)84-82(92-78-42-26-24-40-66(78)69-51-64(45-48-80(69)92)58-28-12-6-13-29-58)71(85-87-73(60-32-16-8-17-33-60)54-74(88-85)61-34-18-9-19-35-61)53-72(86-89-75(62-36-20-10-21-37-62)55-76(90-86)63-38-22-11-23-39-63)83(84)93-79-43-27-25-41-67(79)70-52-65(46-49-81(70)93)59-30-14-7-15-31-59/h6-55,57H,5H2,1-4H3. The van der Waals surface area contributed by atoms with E-state index < -0.39 is 0 Å². The van der Waals surface area contributed by atoms with Gasteiger partial charge in [0.2, 0.25) is 0 Å². The van der Waals surface area contributed by atoms with Crippen LogP contribution in [0.25, 0.3) is 145 Å². The molecule has 0 bridgehead atoms. The van der Waals surface area contributed by atoms with Gasteiger partial charge in [-0.1, -0.05) is 262 Å². The zero-order valence-corrected chi connectivity index (χ0v) is 52.3. The fraction of sp³-hybridized carbons (Fsp3) is 0.0698. The highest BCUT2D eigenvalue weighted by Gasteiger charge is 2.34. The molecule has 12 aromatic carbocycles. The number of benzene rings is 12. The number of nitrogens with zero attached hydrogens (tertiary/aromatic N) is 7. The van der Waals surface area contributed by atoms with Crippen molar-refractivity contribution in [2.24, 2.45) is 0 Å². The number of rotatable bonds is 14. The van der Waals surface area contributed by atoms with Crippen LogP contribution in [0.2, 0.25) is 0 Å². The van der Waals surface area contributed by atoms with Gasteiger partial charge in [-0.2, -0.15) is 0 Å². The van der Waals surface area contributed by atoms with Gasteiger partial charge in [0.05, 0.1) is 61.9 Å². The second-order valence-electron chi connectivity index (χ2n) is 24.2. The minimum Gasteiger partial charge on any atom is -0.341 e. The largest absolute Gasteiger partial charge is 0.341 e. The Hall–Kier alpha value is -11.8. The van der Waals surface area contributed by atoms with Gasteiger partial charge in [-0.3, -0.25) is 0 Å². The highest BCUT2D eigenvalue weighted by atomic mass is 15.2. The van der Waals surface area contributed by atoms with Gasteiger partial charge in [0.25, 0.3) is 0 Å². The van der Waals surface area contributed by atoms with Gasteiger partial charge in [0, 0.05) is 67.7 Å². The highest BCUT2D eigenvalue weighted by Crippen LogP contribution is 2.52. The summed E-state index contributed by atoms with van der Waals surface area (Å²) in [5.74, 6) is 1.29. The molecule has 0 spiro atoms. The third kappa shape index (κ3) is 10.2. The fourth-order valence-corrected chi connectivity index (χ4v) is 13.7. The lowest BCUT2D eigenvalue weighted by Crippen LogP contribution is -2.20. The van der Waals surface area contributed by atoms with E-state index in [9.17, 15) is 0 Å². The maximum atomic E-state index is 5.83. The number of aryl methyl sites for hydroxylation is 1. The van der Waals surface area contributed by atoms with Crippen molar-refractivity contribution in [3.8, 4) is 101 Å². The summed E-state index contributed by atoms with van der Waals surface area (Å²) in [4.78, 5) is 25.8. The molecule has 0 N–H and O–H groups in total. The summed E-state index contributed by atoms with van der Waals surface area (Å²) in [6.45, 7) is 6.85. The summed E-state index contributed by atoms with van der Waals surface area (Å²) in [6, 6.07) is 109. The van der Waals surface area contributed by atoms with Crippen LogP contribution in [0.15, 0.2) is 303 Å². The molecular formula is C86H65N7. The number of hydrogen-bond acceptors (Lipinski definition) is 5. The van der Waals surface area contributed by atoms with E-state index in [4.69, 9.17) is 19.9 Å². The van der Waals surface area contributed by atoms with Gasteiger partial charge in [0.1, 0.15) is 0 Å². The number of aromatic nitrogens is 6. The van der Waals surface area contributed by atoms with Crippen molar-refractivity contribution in [1.29, 1.82) is 0 Å². The smallest absolute Gasteiger partial charge is 0.162 e. The van der Waals surface area contributed by atoms with Crippen LogP contribution >= 0.6 is 0 Å². The molecule has 1 unspecified atom stereocenters. The molecule has 0 amide bonds. The average molecular weight is 1200 g/mol. The summed E-state index contributed by atoms with van der Waals surface area (Å²) in [6.07, 6.45) is 0.938. The normalized spacial score (nSPS) is 11.9. The van der Waals surface area contributed by atoms with E-state index in [0.717, 1.165) is 151 Å². The summed E-state index contributed by atoms with van der Waals surface area (Å²) in [5, 5.41) is 4.47. The third-order valence-corrected chi connectivity index (χ3v) is 18.5. The first-order chi connectivity index (χ1) is 45.8. The maximum Gasteiger partial charge on any atom is 0.162 e. The van der Waals surface area contributed by atoms with E-state index in [2.05, 4.69) is 345 Å². The molecule has 7 nitrogen and oxygen atoms in total. The molecule has 7 heteroatoms. The Morgan fingerprint density at radius 1 is 0.333 bits per heavy atom. The predicted octanol–water partition coefficient (Wildman–Crippen LogP) is 22.4. The van der Waals surface area contributed by atoms with Gasteiger partial charge in [-0.25, -0.2) is 19.9 Å². The second kappa shape index (κ2) is 23.9. The SMILES string of the molecule is CCC(C)c1cc(C)ccc1N(C)c1c(-n2c3ccccc3c3cc(-c4ccccc4)ccc32)c(-c2nc(-c3ccccc3)cc(-c3ccccc3)n2)cc(-c2nc(-c3ccccc3)cc(-c3ccccc3)n2)c1-n1c2ccccc2c2cc(-c3ccccc3)ccc21. The van der Waals surface area contributed by atoms with E-state index >= 15 is 0 Å². The van der Waals surface area contributed by atoms with E-state index in [0.29, 0.717) is 11.6 Å². The van der Waals surface area contributed by atoms with Crippen LogP contribution in [0.3, 0.4) is 0 Å². The van der Waals surface area contributed by atoms with Crippen molar-refractivity contribution in [2.75, 3.05) is 11.9 Å². The number of fused-ring (bicyclic) bond motifs is 6. The molecule has 4 aromatic heterocycles. The Kier molecular flexibility index (Phi) is 14.5. The first-order valence-electron chi connectivity index (χ1n) is 32.1. The minimum atomic E-state index is 0.199. The van der Waals surface area contributed by atoms with Crippen molar-refractivity contribution in [3.63, 3.8) is 0 Å². The van der Waals surface area contributed by atoms with Crippen LogP contribution in [0.4, 0.5) is 11.4 Å². The second-order valence-corrected chi connectivity index (χ2v) is 24.2. The van der Waals surface area contributed by atoms with Gasteiger partial charge in [-0.05, 0) is 108 Å². The quantitative estimate of drug-likeness (QED) is 0.109. The molecule has 16 aromatic rings. The Labute approximate surface area is 541 Å². The van der Waals surface area contributed by atoms with Crippen molar-refractivity contribution in [3.05, 3.63) is 314 Å². The minimum absolute atomic E-state index is 0.199. The van der Waals surface area contributed by atoms with Crippen LogP contribution in [-0.2, 0) is 0 Å². The topological polar surface area (TPSA) is 64.7 Å². The zero-order valence-electron chi connectivity index (χ0n) is 52.3. The molecule has 16 rings (SSSR count). The Balaban J connectivity index is 1.16. The van der Waals surface area contributed by atoms with Gasteiger partial charge in [0.15, 0.2) is 11.6 Å². The van der Waals surface area contributed by atoms with Crippen LogP contribution < -0.4 is 4.90 Å². The first-order valence-corrected chi connectivity index (χ1v) is 32.1. The average Bonchev–Trinajstić information content (AvgIpc) is 1.63. The molecule has 0 saturated carbocycles. The number of anilines is 2. The fourth-order valence-electron chi connectivity index (χ4n) is 13.7. The first kappa shape index (κ1) is 56.4. The van der Waals surface area contributed by atoms with Crippen molar-refractivity contribution >= 4 is 55.0 Å². The van der Waals surface area contributed by atoms with Crippen LogP contribution in [-0.4, -0.2) is 36.1 Å². The van der Waals surface area contributed by atoms with Crippen molar-refractivity contribution in [1.82, 2.24) is 29.1 Å². The molecule has 0 aliphatic rings. The van der Waals surface area contributed by atoms with Crippen molar-refractivity contribution in [2.45, 2.75) is 33.1 Å². The summed E-state index contributed by atoms with van der Waals surface area (Å²) in [5.41, 5.74) is 23.6. The molecule has 1 atom stereocenters. The summed E-state index contributed by atoms with van der Waals surface area (Å²) >= 11 is 0. The highest BCUT2D eigenvalue weighted by molar-refractivity contribution is 6.15. The lowest BCUT2D eigenvalue weighted by molar-refractivity contribution is 0.732. The molecule has 93 heavy (non-hydrogen) atoms. The van der Waals surface area contributed by atoms with E-state index in [1.165, 1.54) is 11.1 Å². The predicted molar refractivity (Wildman–Crippen MR) is 388 cm³/mol. The summed E-state index contributed by atoms with van der Waals surface area (Å²) in [7, 11) is 2.27. The lowest BCUT2D eigenvalue weighted by atomic mass is 9.93. The molecule has 4 heterocycles. The Morgan fingerprint density at radius 3 is 1.05 bits per heavy atom. The molecule has 0 radical (unpaired) electrons. The molecular weight excluding hydrogens is 1130 g/mol. The molecule has 0 saturated heterocycles. The van der Waals surface area contributed by atoms with E-state index in [1.807, 2.05) is 0 Å². The number of para-hydroxylation sites is 2. The maximum absolute atomic E-state index is 5.83. The van der Waals surface area contributed by atoms with E-state index in [-0.39, 0.29) is 5.92 Å². The lowest BCUT2D eigenvalue weighted by Gasteiger charge is -2.33. The zero-order chi connectivity index (χ0) is 62.5. The van der Waals surface area contributed by atoms with Gasteiger partial charge in [-0.15, -0.1) is 0 Å². The Morgan fingerprint density at radius 2 is 0.677 bits per heavy atom. The van der Waals surface area contributed by atoms with Gasteiger partial charge < -0.3 is 14.0 Å². The Bertz CT molecular complexity index is 5030. The molecule has 0 aliphatic carbocycles. The van der Waals surface area contributed by atoms with Crippen LogP contribution in [0.1, 0.15) is 37.3 Å². The van der Waals surface area contributed by atoms with Crippen LogP contribution in [0.5, 0.6) is 0 Å². The van der Waals surface area contributed by atoms with Crippen molar-refractivity contribution < 1.29 is 0 Å². The number of hydrogen-bond donors (Lipinski definition) is 0. The van der Waals surface area contributed by atoms with E-state index in [1.54, 1.807) is 0 Å². The van der Waals surface area contributed by atoms with Gasteiger partial charge >= 0.3 is 0 Å². The summed E-state index contributed by atoms with van der Waals surface area (Å²) < 4.78 is 5.01. The monoisotopic (exact) mass is 1200 g/mol. The third-order valence-electron chi connectivity index (χ3n) is 18.5. The molecule has 444 valence electrons. The molecule has 0 fully saturated rings.